The molecule has 0 bridgehead atoms. The lowest BCUT2D eigenvalue weighted by Crippen LogP contribution is -2.31. The second-order valence-corrected chi connectivity index (χ2v) is 2.74. The van der Waals surface area contributed by atoms with Crippen LogP contribution in [0.4, 0.5) is 0 Å². The first-order chi connectivity index (χ1) is 4.74. The van der Waals surface area contributed by atoms with Gasteiger partial charge in [-0.3, -0.25) is 4.79 Å². The van der Waals surface area contributed by atoms with Crippen molar-refractivity contribution in [3.8, 4) is 0 Å². The number of likely N-dealkylation sites (tertiary alicyclic amines) is 1. The molecule has 1 fully saturated rings. The third-order valence-corrected chi connectivity index (χ3v) is 1.88. The zero-order valence-corrected chi connectivity index (χ0v) is 6.34. The minimum absolute atomic E-state index is 0.218. The molecule has 3 nitrogen and oxygen atoms in total. The van der Waals surface area contributed by atoms with Crippen molar-refractivity contribution >= 4 is 5.91 Å². The minimum Gasteiger partial charge on any atom is -0.341 e. The number of nitrogens with zero attached hydrogens (tertiary/aromatic N) is 1. The number of carbonyl (C=O) groups excluding carboxylic acids is 1. The summed E-state index contributed by atoms with van der Waals surface area (Å²) in [5.74, 6) is 0.230. The van der Waals surface area contributed by atoms with Gasteiger partial charge in [0.15, 0.2) is 0 Å². The van der Waals surface area contributed by atoms with Crippen LogP contribution in [0.1, 0.15) is 19.8 Å². The molecule has 3 heteroatoms. The maximum absolute atomic E-state index is 11.0. The van der Waals surface area contributed by atoms with Crippen LogP contribution in [-0.4, -0.2) is 29.9 Å². The van der Waals surface area contributed by atoms with Crippen LogP contribution in [0.5, 0.6) is 0 Å². The number of nitrogens with two attached hydrogens (primary N) is 1. The van der Waals surface area contributed by atoms with Gasteiger partial charge in [0, 0.05) is 25.6 Å². The molecule has 0 radical (unpaired) electrons. The number of carbonyl (C=O) groups is 1. The van der Waals surface area contributed by atoms with E-state index in [0.717, 1.165) is 19.5 Å². The highest BCUT2D eigenvalue weighted by Gasteiger charge is 2.21. The molecule has 10 heavy (non-hydrogen) atoms. The lowest BCUT2D eigenvalue weighted by atomic mass is 10.3. The fourth-order valence-electron chi connectivity index (χ4n) is 1.24. The first-order valence-electron chi connectivity index (χ1n) is 3.77. The summed E-state index contributed by atoms with van der Waals surface area (Å²) in [6, 6.07) is 0.218. The molecule has 0 aromatic rings. The van der Waals surface area contributed by atoms with E-state index in [4.69, 9.17) is 5.73 Å². The van der Waals surface area contributed by atoms with Crippen molar-refractivity contribution in [1.29, 1.82) is 0 Å². The fourth-order valence-corrected chi connectivity index (χ4v) is 1.24. The SMILES string of the molecule is CCC(=O)N1CCC(N)C1. The molecular formula is C7H14N2O. The summed E-state index contributed by atoms with van der Waals surface area (Å²) in [7, 11) is 0. The van der Waals surface area contributed by atoms with Crippen molar-refractivity contribution < 1.29 is 4.79 Å². The maximum atomic E-state index is 11.0. The molecule has 1 amide bonds. The van der Waals surface area contributed by atoms with Crippen LogP contribution in [0.2, 0.25) is 0 Å². The van der Waals surface area contributed by atoms with Gasteiger partial charge < -0.3 is 10.6 Å². The average molecular weight is 142 g/mol. The molecule has 1 rings (SSSR count). The third-order valence-electron chi connectivity index (χ3n) is 1.88. The van der Waals surface area contributed by atoms with E-state index in [1.54, 1.807) is 0 Å². The lowest BCUT2D eigenvalue weighted by molar-refractivity contribution is -0.129. The normalized spacial score (nSPS) is 25.4. The molecule has 1 aliphatic rings. The largest absolute Gasteiger partial charge is 0.341 e. The van der Waals surface area contributed by atoms with E-state index < -0.39 is 0 Å². The lowest BCUT2D eigenvalue weighted by Gasteiger charge is -2.13. The molecule has 1 aliphatic heterocycles. The second-order valence-electron chi connectivity index (χ2n) is 2.74. The first-order valence-corrected chi connectivity index (χ1v) is 3.77. The van der Waals surface area contributed by atoms with Crippen LogP contribution < -0.4 is 5.73 Å². The van der Waals surface area contributed by atoms with Crippen LogP contribution >= 0.6 is 0 Å². The number of rotatable bonds is 1. The Bertz CT molecular complexity index is 136. The summed E-state index contributed by atoms with van der Waals surface area (Å²) in [5, 5.41) is 0. The van der Waals surface area contributed by atoms with Crippen LogP contribution in [0, 0.1) is 0 Å². The molecule has 0 spiro atoms. The van der Waals surface area contributed by atoms with Crippen molar-refractivity contribution in [2.45, 2.75) is 25.8 Å². The van der Waals surface area contributed by atoms with Crippen LogP contribution in [0.3, 0.4) is 0 Å². The Balaban J connectivity index is 2.37. The van der Waals surface area contributed by atoms with Gasteiger partial charge in [-0.2, -0.15) is 0 Å². The molecule has 1 unspecified atom stereocenters. The van der Waals surface area contributed by atoms with Gasteiger partial charge >= 0.3 is 0 Å². The second kappa shape index (κ2) is 3.01. The average Bonchev–Trinajstić information content (AvgIpc) is 2.34. The van der Waals surface area contributed by atoms with Gasteiger partial charge in [-0.25, -0.2) is 0 Å². The van der Waals surface area contributed by atoms with E-state index in [-0.39, 0.29) is 11.9 Å². The minimum atomic E-state index is 0.218. The molecule has 0 aromatic carbocycles. The number of hydrogen-bond donors (Lipinski definition) is 1. The van der Waals surface area contributed by atoms with Gasteiger partial charge in [0.25, 0.3) is 0 Å². The van der Waals surface area contributed by atoms with Gasteiger partial charge in [0.05, 0.1) is 0 Å². The quantitative estimate of drug-likeness (QED) is 0.558. The standard InChI is InChI=1S/C7H14N2O/c1-2-7(10)9-4-3-6(8)5-9/h6H,2-5,8H2,1H3. The van der Waals surface area contributed by atoms with Crippen molar-refractivity contribution in [2.24, 2.45) is 5.73 Å². The Morgan fingerprint density at radius 2 is 2.50 bits per heavy atom. The first kappa shape index (κ1) is 7.54. The monoisotopic (exact) mass is 142 g/mol. The van der Waals surface area contributed by atoms with Gasteiger partial charge in [0.2, 0.25) is 5.91 Å². The van der Waals surface area contributed by atoms with E-state index >= 15 is 0 Å². The predicted molar refractivity (Wildman–Crippen MR) is 39.5 cm³/mol. The van der Waals surface area contributed by atoms with E-state index in [2.05, 4.69) is 0 Å². The zero-order valence-electron chi connectivity index (χ0n) is 6.34. The predicted octanol–water partition coefficient (Wildman–Crippen LogP) is -0.0440. The molecule has 1 atom stereocenters. The number of amides is 1. The van der Waals surface area contributed by atoms with Crippen LogP contribution in [0.15, 0.2) is 0 Å². The Kier molecular flexibility index (Phi) is 2.27. The summed E-state index contributed by atoms with van der Waals surface area (Å²) in [6.45, 7) is 3.49. The van der Waals surface area contributed by atoms with Crippen molar-refractivity contribution in [1.82, 2.24) is 4.90 Å². The summed E-state index contributed by atoms with van der Waals surface area (Å²) >= 11 is 0. The van der Waals surface area contributed by atoms with Gasteiger partial charge in [0.1, 0.15) is 0 Å². The van der Waals surface area contributed by atoms with E-state index in [1.807, 2.05) is 11.8 Å². The van der Waals surface area contributed by atoms with E-state index in [0.29, 0.717) is 6.42 Å². The summed E-state index contributed by atoms with van der Waals surface area (Å²) in [6.07, 6.45) is 1.57. The summed E-state index contributed by atoms with van der Waals surface area (Å²) in [5.41, 5.74) is 5.62. The van der Waals surface area contributed by atoms with Gasteiger partial charge in [-0.1, -0.05) is 6.92 Å². The van der Waals surface area contributed by atoms with Crippen LogP contribution in [0.25, 0.3) is 0 Å². The topological polar surface area (TPSA) is 46.3 Å². The summed E-state index contributed by atoms with van der Waals surface area (Å²) < 4.78 is 0. The van der Waals surface area contributed by atoms with E-state index in [9.17, 15) is 4.79 Å². The molecule has 1 heterocycles. The van der Waals surface area contributed by atoms with Gasteiger partial charge in [-0.05, 0) is 6.42 Å². The van der Waals surface area contributed by atoms with Crippen molar-refractivity contribution in [3.05, 3.63) is 0 Å². The summed E-state index contributed by atoms with van der Waals surface area (Å²) in [4.78, 5) is 12.9. The molecule has 0 aromatic heterocycles. The van der Waals surface area contributed by atoms with Crippen molar-refractivity contribution in [2.75, 3.05) is 13.1 Å². The Morgan fingerprint density at radius 3 is 2.90 bits per heavy atom. The zero-order chi connectivity index (χ0) is 7.56. The molecule has 0 aliphatic carbocycles. The van der Waals surface area contributed by atoms with Crippen molar-refractivity contribution in [3.63, 3.8) is 0 Å². The molecule has 2 N–H and O–H groups in total. The molecule has 0 saturated carbocycles. The highest BCUT2D eigenvalue weighted by atomic mass is 16.2. The van der Waals surface area contributed by atoms with Gasteiger partial charge in [-0.15, -0.1) is 0 Å². The highest BCUT2D eigenvalue weighted by Crippen LogP contribution is 2.07. The van der Waals surface area contributed by atoms with Crippen LogP contribution in [-0.2, 0) is 4.79 Å². The third kappa shape index (κ3) is 1.48. The maximum Gasteiger partial charge on any atom is 0.222 e. The smallest absolute Gasteiger partial charge is 0.222 e. The Labute approximate surface area is 61.2 Å². The van der Waals surface area contributed by atoms with E-state index in [1.165, 1.54) is 0 Å². The number of hydrogen-bond acceptors (Lipinski definition) is 2. The molecular weight excluding hydrogens is 128 g/mol. The molecule has 58 valence electrons. The Morgan fingerprint density at radius 1 is 1.80 bits per heavy atom. The molecule has 1 saturated heterocycles. The Hall–Kier alpha value is -0.570. The highest BCUT2D eigenvalue weighted by molar-refractivity contribution is 5.76. The fraction of sp³-hybridized carbons (Fsp3) is 0.857.